The van der Waals surface area contributed by atoms with Crippen LogP contribution in [0.1, 0.15) is 0 Å². The predicted octanol–water partition coefficient (Wildman–Crippen LogP) is 3.62. The number of methoxy groups -OCH3 is 1. The van der Waals surface area contributed by atoms with Gasteiger partial charge in [-0.05, 0) is 35.9 Å². The molecular weight excluding hydrogens is 230 g/mol. The first-order valence-electron chi connectivity index (χ1n) is 4.43. The van der Waals surface area contributed by atoms with Gasteiger partial charge in [-0.2, -0.15) is 0 Å². The van der Waals surface area contributed by atoms with Crippen LogP contribution in [0.3, 0.4) is 0 Å². The second kappa shape index (κ2) is 4.29. The SMILES string of the molecule is COc1ccc2c(SC)nc(Cl)cc2c1. The van der Waals surface area contributed by atoms with E-state index in [1.807, 2.05) is 30.5 Å². The van der Waals surface area contributed by atoms with Gasteiger partial charge in [0.2, 0.25) is 0 Å². The lowest BCUT2D eigenvalue weighted by atomic mass is 10.2. The zero-order chi connectivity index (χ0) is 10.8. The number of halogens is 1. The molecule has 15 heavy (non-hydrogen) atoms. The van der Waals surface area contributed by atoms with Gasteiger partial charge < -0.3 is 4.74 Å². The van der Waals surface area contributed by atoms with Gasteiger partial charge in [-0.1, -0.05) is 11.6 Å². The average Bonchev–Trinajstić information content (AvgIpc) is 2.26. The monoisotopic (exact) mass is 239 g/mol. The molecule has 2 aromatic rings. The highest BCUT2D eigenvalue weighted by Gasteiger charge is 2.05. The fourth-order valence-electron chi connectivity index (χ4n) is 1.46. The van der Waals surface area contributed by atoms with Crippen molar-refractivity contribution in [2.75, 3.05) is 13.4 Å². The Morgan fingerprint density at radius 3 is 2.80 bits per heavy atom. The standard InChI is InChI=1S/C11H10ClNOS/c1-14-8-3-4-9-7(5-8)6-10(12)13-11(9)15-2/h3-6H,1-2H3. The Labute approximate surface area is 97.6 Å². The summed E-state index contributed by atoms with van der Waals surface area (Å²) in [6.07, 6.45) is 1.99. The maximum atomic E-state index is 5.93. The third-order valence-electron chi connectivity index (χ3n) is 2.17. The van der Waals surface area contributed by atoms with Crippen molar-refractivity contribution in [1.82, 2.24) is 4.98 Å². The van der Waals surface area contributed by atoms with Gasteiger partial charge in [-0.3, -0.25) is 0 Å². The minimum atomic E-state index is 0.514. The number of pyridine rings is 1. The van der Waals surface area contributed by atoms with E-state index in [0.29, 0.717) is 5.15 Å². The number of thioether (sulfide) groups is 1. The first-order chi connectivity index (χ1) is 7.24. The van der Waals surface area contributed by atoms with Crippen molar-refractivity contribution >= 4 is 34.1 Å². The third-order valence-corrected chi connectivity index (χ3v) is 3.06. The van der Waals surface area contributed by atoms with Crippen LogP contribution in [0.15, 0.2) is 29.3 Å². The van der Waals surface area contributed by atoms with Crippen LogP contribution in [0.25, 0.3) is 10.8 Å². The molecule has 0 saturated carbocycles. The van der Waals surface area contributed by atoms with E-state index in [1.54, 1.807) is 18.9 Å². The van der Waals surface area contributed by atoms with Crippen LogP contribution in [0.2, 0.25) is 5.15 Å². The molecule has 0 atom stereocenters. The van der Waals surface area contributed by atoms with E-state index in [4.69, 9.17) is 16.3 Å². The maximum Gasteiger partial charge on any atom is 0.131 e. The van der Waals surface area contributed by atoms with E-state index in [1.165, 1.54) is 0 Å². The smallest absolute Gasteiger partial charge is 0.131 e. The Kier molecular flexibility index (Phi) is 3.03. The second-order valence-electron chi connectivity index (χ2n) is 3.04. The highest BCUT2D eigenvalue weighted by molar-refractivity contribution is 7.98. The summed E-state index contributed by atoms with van der Waals surface area (Å²) in [6.45, 7) is 0. The molecule has 0 aliphatic heterocycles. The van der Waals surface area contributed by atoms with E-state index in [0.717, 1.165) is 21.5 Å². The first kappa shape index (κ1) is 10.6. The summed E-state index contributed by atoms with van der Waals surface area (Å²) in [6, 6.07) is 7.74. The number of ether oxygens (including phenoxy) is 1. The Morgan fingerprint density at radius 1 is 1.33 bits per heavy atom. The van der Waals surface area contributed by atoms with Crippen molar-refractivity contribution < 1.29 is 4.74 Å². The molecule has 0 bridgehead atoms. The summed E-state index contributed by atoms with van der Waals surface area (Å²) >= 11 is 7.52. The van der Waals surface area contributed by atoms with Gasteiger partial charge in [-0.25, -0.2) is 4.98 Å². The number of fused-ring (bicyclic) bond motifs is 1. The Morgan fingerprint density at radius 2 is 2.13 bits per heavy atom. The van der Waals surface area contributed by atoms with Crippen molar-refractivity contribution in [3.63, 3.8) is 0 Å². The number of nitrogens with zero attached hydrogens (tertiary/aromatic N) is 1. The number of hydrogen-bond donors (Lipinski definition) is 0. The lowest BCUT2D eigenvalue weighted by Crippen LogP contribution is -1.86. The molecule has 78 valence electrons. The van der Waals surface area contributed by atoms with Gasteiger partial charge in [0.15, 0.2) is 0 Å². The molecule has 0 saturated heterocycles. The van der Waals surface area contributed by atoms with Crippen molar-refractivity contribution in [3.05, 3.63) is 29.4 Å². The molecule has 0 unspecified atom stereocenters. The van der Waals surface area contributed by atoms with E-state index in [-0.39, 0.29) is 0 Å². The zero-order valence-electron chi connectivity index (χ0n) is 8.45. The van der Waals surface area contributed by atoms with Gasteiger partial charge in [-0.15, -0.1) is 11.8 Å². The highest BCUT2D eigenvalue weighted by Crippen LogP contribution is 2.29. The number of hydrogen-bond acceptors (Lipinski definition) is 3. The molecule has 1 aromatic carbocycles. The number of rotatable bonds is 2. The fourth-order valence-corrected chi connectivity index (χ4v) is 2.30. The van der Waals surface area contributed by atoms with Crippen molar-refractivity contribution in [2.45, 2.75) is 5.03 Å². The molecule has 0 aliphatic carbocycles. The predicted molar refractivity (Wildman–Crippen MR) is 65.1 cm³/mol. The maximum absolute atomic E-state index is 5.93. The summed E-state index contributed by atoms with van der Waals surface area (Å²) in [5.74, 6) is 0.830. The lowest BCUT2D eigenvalue weighted by molar-refractivity contribution is 0.415. The molecule has 0 radical (unpaired) electrons. The van der Waals surface area contributed by atoms with Crippen LogP contribution in [-0.2, 0) is 0 Å². The van der Waals surface area contributed by atoms with Crippen LogP contribution in [0, 0.1) is 0 Å². The summed E-state index contributed by atoms with van der Waals surface area (Å²) in [4.78, 5) is 4.26. The Bertz CT molecular complexity index is 501. The fraction of sp³-hybridized carbons (Fsp3) is 0.182. The molecule has 0 fully saturated rings. The van der Waals surface area contributed by atoms with Crippen LogP contribution in [0.4, 0.5) is 0 Å². The van der Waals surface area contributed by atoms with E-state index in [9.17, 15) is 0 Å². The molecule has 0 spiro atoms. The molecule has 0 N–H and O–H groups in total. The molecule has 1 heterocycles. The zero-order valence-corrected chi connectivity index (χ0v) is 10.0. The van der Waals surface area contributed by atoms with Crippen molar-refractivity contribution in [2.24, 2.45) is 0 Å². The molecule has 1 aromatic heterocycles. The van der Waals surface area contributed by atoms with E-state index >= 15 is 0 Å². The Hall–Kier alpha value is -0.930. The first-order valence-corrected chi connectivity index (χ1v) is 6.03. The van der Waals surface area contributed by atoms with Crippen molar-refractivity contribution in [3.8, 4) is 5.75 Å². The number of aromatic nitrogens is 1. The minimum Gasteiger partial charge on any atom is -0.497 e. The molecular formula is C11H10ClNOS. The molecule has 2 nitrogen and oxygen atoms in total. The summed E-state index contributed by atoms with van der Waals surface area (Å²) in [5.41, 5.74) is 0. The summed E-state index contributed by atoms with van der Waals surface area (Å²) < 4.78 is 5.17. The van der Waals surface area contributed by atoms with Crippen LogP contribution in [-0.4, -0.2) is 18.3 Å². The van der Waals surface area contributed by atoms with Gasteiger partial charge in [0, 0.05) is 5.39 Å². The van der Waals surface area contributed by atoms with Gasteiger partial charge in [0.1, 0.15) is 15.9 Å². The number of benzene rings is 1. The normalized spacial score (nSPS) is 10.6. The summed E-state index contributed by atoms with van der Waals surface area (Å²) in [5, 5.41) is 3.62. The van der Waals surface area contributed by atoms with Gasteiger partial charge in [0.25, 0.3) is 0 Å². The minimum absolute atomic E-state index is 0.514. The molecule has 4 heteroatoms. The Balaban J connectivity index is 2.72. The molecule has 0 amide bonds. The molecule has 0 aliphatic rings. The van der Waals surface area contributed by atoms with E-state index in [2.05, 4.69) is 4.98 Å². The van der Waals surface area contributed by atoms with E-state index < -0.39 is 0 Å². The summed E-state index contributed by atoms with van der Waals surface area (Å²) in [7, 11) is 1.65. The molecule has 2 rings (SSSR count). The highest BCUT2D eigenvalue weighted by atomic mass is 35.5. The largest absolute Gasteiger partial charge is 0.497 e. The van der Waals surface area contributed by atoms with Crippen LogP contribution >= 0.6 is 23.4 Å². The second-order valence-corrected chi connectivity index (χ2v) is 4.22. The van der Waals surface area contributed by atoms with Crippen molar-refractivity contribution in [1.29, 1.82) is 0 Å². The van der Waals surface area contributed by atoms with Gasteiger partial charge in [0.05, 0.1) is 7.11 Å². The third kappa shape index (κ3) is 2.03. The quantitative estimate of drug-likeness (QED) is 0.590. The lowest BCUT2D eigenvalue weighted by Gasteiger charge is -2.06. The van der Waals surface area contributed by atoms with Crippen LogP contribution in [0.5, 0.6) is 5.75 Å². The van der Waals surface area contributed by atoms with Crippen LogP contribution < -0.4 is 4.74 Å². The topological polar surface area (TPSA) is 22.1 Å². The average molecular weight is 240 g/mol. The van der Waals surface area contributed by atoms with Gasteiger partial charge >= 0.3 is 0 Å².